The highest BCUT2D eigenvalue weighted by Gasteiger charge is 2.37. The summed E-state index contributed by atoms with van der Waals surface area (Å²) in [7, 11) is 0. The lowest BCUT2D eigenvalue weighted by Crippen LogP contribution is -2.51. The Morgan fingerprint density at radius 3 is 2.34 bits per heavy atom. The minimum Gasteiger partial charge on any atom is -0.475 e. The number of pyridine rings is 2. The molecular formula is C28H32F5N3O2. The summed E-state index contributed by atoms with van der Waals surface area (Å²) in [5.74, 6) is -2.57. The van der Waals surface area contributed by atoms with E-state index < -0.39 is 34.8 Å². The molecule has 38 heavy (non-hydrogen) atoms. The van der Waals surface area contributed by atoms with E-state index in [0.717, 1.165) is 18.3 Å². The quantitative estimate of drug-likeness (QED) is 0.306. The Balaban J connectivity index is 1.97. The lowest BCUT2D eigenvalue weighted by molar-refractivity contribution is -0.139. The van der Waals surface area contributed by atoms with Crippen molar-refractivity contribution in [2.24, 2.45) is 11.3 Å². The van der Waals surface area contributed by atoms with Crippen LogP contribution >= 0.6 is 0 Å². The van der Waals surface area contributed by atoms with Crippen LogP contribution in [0.4, 0.5) is 22.0 Å². The predicted molar refractivity (Wildman–Crippen MR) is 135 cm³/mol. The molecular weight excluding hydrogens is 505 g/mol. The van der Waals surface area contributed by atoms with Crippen LogP contribution in [0.2, 0.25) is 0 Å². The van der Waals surface area contributed by atoms with Crippen LogP contribution in [0.3, 0.4) is 0 Å². The molecule has 0 saturated carbocycles. The number of hydrogen-bond acceptors (Lipinski definition) is 4. The van der Waals surface area contributed by atoms with Crippen LogP contribution in [0.25, 0.3) is 22.0 Å². The van der Waals surface area contributed by atoms with E-state index >= 15 is 0 Å². The largest absolute Gasteiger partial charge is 0.475 e. The maximum atomic E-state index is 14.6. The highest BCUT2D eigenvalue weighted by Crippen LogP contribution is 2.39. The molecule has 206 valence electrons. The Morgan fingerprint density at radius 2 is 1.74 bits per heavy atom. The lowest BCUT2D eigenvalue weighted by Gasteiger charge is -2.33. The molecule has 2 heterocycles. The van der Waals surface area contributed by atoms with Gasteiger partial charge in [0.15, 0.2) is 0 Å². The lowest BCUT2D eigenvalue weighted by atomic mass is 9.88. The van der Waals surface area contributed by atoms with Crippen LogP contribution < -0.4 is 10.1 Å². The van der Waals surface area contributed by atoms with Crippen LogP contribution in [0, 0.1) is 23.0 Å². The number of amides is 1. The molecule has 3 rings (SSSR count). The van der Waals surface area contributed by atoms with Crippen molar-refractivity contribution in [2.75, 3.05) is 6.61 Å². The smallest absolute Gasteiger partial charge is 0.421 e. The number of rotatable bonds is 8. The number of hydrogen-bond donors (Lipinski definition) is 1. The van der Waals surface area contributed by atoms with E-state index in [4.69, 9.17) is 4.74 Å². The molecule has 1 N–H and O–H groups in total. The number of nitrogens with zero attached hydrogens (tertiary/aromatic N) is 2. The van der Waals surface area contributed by atoms with Crippen molar-refractivity contribution >= 4 is 16.8 Å². The first-order chi connectivity index (χ1) is 17.5. The number of halogens is 5. The zero-order valence-electron chi connectivity index (χ0n) is 22.3. The van der Waals surface area contributed by atoms with Gasteiger partial charge < -0.3 is 10.1 Å². The zero-order chi connectivity index (χ0) is 28.5. The van der Waals surface area contributed by atoms with Crippen LogP contribution in [0.5, 0.6) is 5.88 Å². The van der Waals surface area contributed by atoms with E-state index in [0.29, 0.717) is 12.5 Å². The second kappa shape index (κ2) is 10.8. The number of alkyl halides is 3. The van der Waals surface area contributed by atoms with Gasteiger partial charge in [0.05, 0.1) is 11.1 Å². The SMILES string of the molecule is CC(C)C[C@@](C)(COc1ncc(-c2ccnc3cc(F)cc(F)c23)cc1C(F)(F)F)NC(=O)CC(C)(C)C. The van der Waals surface area contributed by atoms with Gasteiger partial charge in [0.1, 0.15) is 23.8 Å². The third-order valence-corrected chi connectivity index (χ3v) is 5.74. The second-order valence-electron chi connectivity index (χ2n) is 11.4. The first-order valence-electron chi connectivity index (χ1n) is 12.2. The summed E-state index contributed by atoms with van der Waals surface area (Å²) in [4.78, 5) is 20.5. The van der Waals surface area contributed by atoms with E-state index in [1.165, 1.54) is 12.3 Å². The molecule has 1 atom stereocenters. The summed E-state index contributed by atoms with van der Waals surface area (Å²) in [6.45, 7) is 11.1. The average Bonchev–Trinajstić information content (AvgIpc) is 2.74. The number of ether oxygens (including phenoxy) is 1. The van der Waals surface area contributed by atoms with Crippen molar-refractivity contribution in [3.63, 3.8) is 0 Å². The number of aromatic nitrogens is 2. The monoisotopic (exact) mass is 537 g/mol. The Kier molecular flexibility index (Phi) is 8.33. The van der Waals surface area contributed by atoms with Crippen molar-refractivity contribution < 1.29 is 31.5 Å². The number of benzene rings is 1. The maximum Gasteiger partial charge on any atom is 0.421 e. The zero-order valence-corrected chi connectivity index (χ0v) is 22.3. The Morgan fingerprint density at radius 1 is 1.05 bits per heavy atom. The topological polar surface area (TPSA) is 64.1 Å². The Hall–Kier alpha value is -3.30. The Bertz CT molecular complexity index is 1320. The second-order valence-corrected chi connectivity index (χ2v) is 11.4. The first-order valence-corrected chi connectivity index (χ1v) is 12.2. The number of carbonyl (C=O) groups excluding carboxylic acids is 1. The van der Waals surface area contributed by atoms with Gasteiger partial charge in [0.2, 0.25) is 11.8 Å². The first kappa shape index (κ1) is 29.3. The standard InChI is InChI=1S/C28H32F5N3O2/c1-16(2)12-27(6,36-23(37)13-26(3,4)5)15-38-25-20(28(31,32)33)9-17(14-35-25)19-7-8-34-22-11-18(29)10-21(30)24(19)22/h7-11,14,16H,12-13,15H2,1-6H3,(H,36,37)/t27-/m0/s1. The normalized spacial score (nSPS) is 14.0. The van der Waals surface area contributed by atoms with Gasteiger partial charge >= 0.3 is 6.18 Å². The minimum absolute atomic E-state index is 0.0361. The van der Waals surface area contributed by atoms with Gasteiger partial charge in [-0.2, -0.15) is 13.2 Å². The maximum absolute atomic E-state index is 14.6. The van der Waals surface area contributed by atoms with Gasteiger partial charge in [0.25, 0.3) is 0 Å². The minimum atomic E-state index is -4.84. The summed E-state index contributed by atoms with van der Waals surface area (Å²) in [5.41, 5.74) is -2.37. The average molecular weight is 538 g/mol. The van der Waals surface area contributed by atoms with Crippen LogP contribution in [0.15, 0.2) is 36.7 Å². The number of nitrogens with one attached hydrogen (secondary N) is 1. The molecule has 0 aliphatic carbocycles. The Labute approximate surface area is 218 Å². The molecule has 0 radical (unpaired) electrons. The van der Waals surface area contributed by atoms with Crippen molar-refractivity contribution in [3.05, 3.63) is 53.9 Å². The molecule has 3 aromatic rings. The van der Waals surface area contributed by atoms with Crippen LogP contribution in [0.1, 0.15) is 59.9 Å². The molecule has 5 nitrogen and oxygen atoms in total. The molecule has 0 aliphatic heterocycles. The number of carbonyl (C=O) groups is 1. The van der Waals surface area contributed by atoms with Crippen molar-refractivity contribution in [3.8, 4) is 17.0 Å². The molecule has 1 amide bonds. The summed E-state index contributed by atoms with van der Waals surface area (Å²) < 4.78 is 76.1. The number of fused-ring (bicyclic) bond motifs is 1. The van der Waals surface area contributed by atoms with Gasteiger partial charge in [-0.05, 0) is 42.4 Å². The molecule has 1 aromatic carbocycles. The van der Waals surface area contributed by atoms with Gasteiger partial charge in [-0.25, -0.2) is 13.8 Å². The molecule has 0 fully saturated rings. The molecule has 0 unspecified atom stereocenters. The van der Waals surface area contributed by atoms with E-state index in [-0.39, 0.29) is 52.3 Å². The molecule has 0 bridgehead atoms. The van der Waals surface area contributed by atoms with E-state index in [2.05, 4.69) is 15.3 Å². The van der Waals surface area contributed by atoms with Gasteiger partial charge in [-0.3, -0.25) is 9.78 Å². The molecule has 0 aliphatic rings. The van der Waals surface area contributed by atoms with Gasteiger partial charge in [-0.15, -0.1) is 0 Å². The van der Waals surface area contributed by atoms with E-state index in [9.17, 15) is 26.7 Å². The van der Waals surface area contributed by atoms with Gasteiger partial charge in [-0.1, -0.05) is 34.6 Å². The van der Waals surface area contributed by atoms with Crippen LogP contribution in [-0.2, 0) is 11.0 Å². The molecule has 0 spiro atoms. The van der Waals surface area contributed by atoms with E-state index in [1.54, 1.807) is 6.92 Å². The molecule has 0 saturated heterocycles. The summed E-state index contributed by atoms with van der Waals surface area (Å²) >= 11 is 0. The molecule has 2 aromatic heterocycles. The summed E-state index contributed by atoms with van der Waals surface area (Å²) in [5, 5.41) is 2.80. The van der Waals surface area contributed by atoms with Crippen molar-refractivity contribution in [2.45, 2.75) is 66.1 Å². The molecule has 10 heteroatoms. The fourth-order valence-electron chi connectivity index (χ4n) is 4.50. The summed E-state index contributed by atoms with van der Waals surface area (Å²) in [6, 6.07) is 3.80. The predicted octanol–water partition coefficient (Wildman–Crippen LogP) is 7.33. The van der Waals surface area contributed by atoms with Crippen molar-refractivity contribution in [1.29, 1.82) is 0 Å². The summed E-state index contributed by atoms with van der Waals surface area (Å²) in [6.07, 6.45) is -1.75. The highest BCUT2D eigenvalue weighted by atomic mass is 19.4. The fourth-order valence-corrected chi connectivity index (χ4v) is 4.50. The third kappa shape index (κ3) is 7.39. The van der Waals surface area contributed by atoms with Crippen LogP contribution in [-0.4, -0.2) is 28.0 Å². The highest BCUT2D eigenvalue weighted by molar-refractivity contribution is 5.94. The fraction of sp³-hybridized carbons (Fsp3) is 0.464. The van der Waals surface area contributed by atoms with E-state index in [1.807, 2.05) is 34.6 Å². The third-order valence-electron chi connectivity index (χ3n) is 5.74. The van der Waals surface area contributed by atoms with Gasteiger partial charge in [0, 0.05) is 41.9 Å². The van der Waals surface area contributed by atoms with Crippen molar-refractivity contribution in [1.82, 2.24) is 15.3 Å².